The number of hydrogen-bond acceptors (Lipinski definition) is 7. The summed E-state index contributed by atoms with van der Waals surface area (Å²) in [5, 5.41) is 12.7. The van der Waals surface area contributed by atoms with Gasteiger partial charge in [0, 0.05) is 5.56 Å². The van der Waals surface area contributed by atoms with Crippen molar-refractivity contribution in [2.75, 3.05) is 25.3 Å². The third-order valence-electron chi connectivity index (χ3n) is 6.02. The number of carbonyl (C=O) groups is 2. The first-order chi connectivity index (χ1) is 20.8. The predicted molar refractivity (Wildman–Crippen MR) is 148 cm³/mol. The maximum absolute atomic E-state index is 13.5. The second kappa shape index (κ2) is 13.3. The SMILES string of the molecule is COc1ccc(C(=O)NCc2nnc(SCC(=O)Nc3ccccc3C(F)(F)F)n2-c2cccc(C(F)(F)F)c2)cc1OC. The molecule has 0 radical (unpaired) electrons. The van der Waals surface area contributed by atoms with Gasteiger partial charge >= 0.3 is 12.4 Å². The maximum atomic E-state index is 13.5. The molecule has 2 N–H and O–H groups in total. The average Bonchev–Trinajstić information content (AvgIpc) is 3.40. The van der Waals surface area contributed by atoms with E-state index in [1.165, 1.54) is 61.3 Å². The van der Waals surface area contributed by atoms with Crippen LogP contribution in [0.15, 0.2) is 71.9 Å². The van der Waals surface area contributed by atoms with Crippen molar-refractivity contribution >= 4 is 29.3 Å². The van der Waals surface area contributed by atoms with Crippen LogP contribution in [-0.4, -0.2) is 46.6 Å². The lowest BCUT2D eigenvalue weighted by atomic mass is 10.1. The smallest absolute Gasteiger partial charge is 0.418 e. The lowest BCUT2D eigenvalue weighted by Gasteiger charge is -2.15. The van der Waals surface area contributed by atoms with E-state index >= 15 is 0 Å². The van der Waals surface area contributed by atoms with Crippen molar-refractivity contribution in [3.05, 3.63) is 89.2 Å². The molecule has 232 valence electrons. The summed E-state index contributed by atoms with van der Waals surface area (Å²) in [6, 6.07) is 13.1. The van der Waals surface area contributed by atoms with E-state index in [-0.39, 0.29) is 28.8 Å². The molecule has 0 spiro atoms. The van der Waals surface area contributed by atoms with Gasteiger partial charge < -0.3 is 20.1 Å². The van der Waals surface area contributed by atoms with Crippen LogP contribution in [0.25, 0.3) is 5.69 Å². The molecule has 1 aromatic heterocycles. The number of ether oxygens (including phenoxy) is 2. The summed E-state index contributed by atoms with van der Waals surface area (Å²) in [7, 11) is 2.82. The number of thioether (sulfide) groups is 1. The minimum atomic E-state index is -4.71. The summed E-state index contributed by atoms with van der Waals surface area (Å²) < 4.78 is 92.0. The Morgan fingerprint density at radius 1 is 0.864 bits per heavy atom. The molecule has 0 saturated heterocycles. The molecular weight excluding hydrogens is 616 g/mol. The molecule has 4 rings (SSSR count). The summed E-state index contributed by atoms with van der Waals surface area (Å²) in [4.78, 5) is 25.5. The summed E-state index contributed by atoms with van der Waals surface area (Å²) in [6.45, 7) is -0.290. The molecule has 0 atom stereocenters. The first kappa shape index (κ1) is 32.2. The van der Waals surface area contributed by atoms with Crippen LogP contribution in [0.4, 0.5) is 32.0 Å². The Labute approximate surface area is 250 Å². The Kier molecular flexibility index (Phi) is 9.71. The topological polar surface area (TPSA) is 107 Å². The number of benzene rings is 3. The van der Waals surface area contributed by atoms with Gasteiger partial charge in [-0.25, -0.2) is 0 Å². The number of nitrogens with one attached hydrogen (secondary N) is 2. The van der Waals surface area contributed by atoms with Crippen molar-refractivity contribution in [3.8, 4) is 17.2 Å². The largest absolute Gasteiger partial charge is 0.493 e. The highest BCUT2D eigenvalue weighted by Crippen LogP contribution is 2.35. The second-order valence-corrected chi connectivity index (χ2v) is 9.86. The molecule has 16 heteroatoms. The molecule has 0 bridgehead atoms. The lowest BCUT2D eigenvalue weighted by molar-refractivity contribution is -0.138. The van der Waals surface area contributed by atoms with Crippen molar-refractivity contribution in [1.29, 1.82) is 0 Å². The molecule has 4 aromatic rings. The van der Waals surface area contributed by atoms with Crippen molar-refractivity contribution in [3.63, 3.8) is 0 Å². The average molecular weight is 640 g/mol. The van der Waals surface area contributed by atoms with Crippen LogP contribution >= 0.6 is 11.8 Å². The first-order valence-electron chi connectivity index (χ1n) is 12.5. The van der Waals surface area contributed by atoms with Gasteiger partial charge in [0.15, 0.2) is 22.5 Å². The van der Waals surface area contributed by atoms with E-state index in [1.54, 1.807) is 0 Å². The molecule has 0 aliphatic heterocycles. The zero-order chi connectivity index (χ0) is 32.1. The van der Waals surface area contributed by atoms with Crippen LogP contribution in [-0.2, 0) is 23.7 Å². The van der Waals surface area contributed by atoms with E-state index in [0.717, 1.165) is 36.0 Å². The molecule has 0 fully saturated rings. The van der Waals surface area contributed by atoms with E-state index in [9.17, 15) is 35.9 Å². The summed E-state index contributed by atoms with van der Waals surface area (Å²) in [5.41, 5.74) is -2.30. The number of carbonyl (C=O) groups excluding carboxylic acids is 2. The first-order valence-corrected chi connectivity index (χ1v) is 13.5. The van der Waals surface area contributed by atoms with Crippen molar-refractivity contribution in [2.45, 2.75) is 24.1 Å². The van der Waals surface area contributed by atoms with E-state index < -0.39 is 46.7 Å². The minimum Gasteiger partial charge on any atom is -0.493 e. The van der Waals surface area contributed by atoms with Gasteiger partial charge in [0.2, 0.25) is 5.91 Å². The zero-order valence-electron chi connectivity index (χ0n) is 22.9. The fourth-order valence-corrected chi connectivity index (χ4v) is 4.75. The Morgan fingerprint density at radius 2 is 1.59 bits per heavy atom. The van der Waals surface area contributed by atoms with Gasteiger partial charge in [-0.3, -0.25) is 14.2 Å². The van der Waals surface area contributed by atoms with Crippen LogP contribution in [0.3, 0.4) is 0 Å². The summed E-state index contributed by atoms with van der Waals surface area (Å²) in [5.74, 6) is -1.15. The van der Waals surface area contributed by atoms with Crippen molar-refractivity contribution in [1.82, 2.24) is 20.1 Å². The molecule has 0 aliphatic carbocycles. The van der Waals surface area contributed by atoms with Crippen LogP contribution in [0.2, 0.25) is 0 Å². The number of rotatable bonds is 10. The Morgan fingerprint density at radius 3 is 2.27 bits per heavy atom. The summed E-state index contributed by atoms with van der Waals surface area (Å²) >= 11 is 0.728. The van der Waals surface area contributed by atoms with Gasteiger partial charge in [0.1, 0.15) is 0 Å². The molecule has 0 unspecified atom stereocenters. The third-order valence-corrected chi connectivity index (χ3v) is 6.95. The molecule has 44 heavy (non-hydrogen) atoms. The predicted octanol–water partition coefficient (Wildman–Crippen LogP) is 5.98. The van der Waals surface area contributed by atoms with E-state index in [4.69, 9.17) is 9.47 Å². The van der Waals surface area contributed by atoms with Crippen molar-refractivity contribution < 1.29 is 45.4 Å². The third kappa shape index (κ3) is 7.61. The molecule has 0 aliphatic rings. The number of amides is 2. The number of aromatic nitrogens is 3. The van der Waals surface area contributed by atoms with E-state index in [0.29, 0.717) is 11.5 Å². The Hall–Kier alpha value is -4.73. The van der Waals surface area contributed by atoms with Crippen molar-refractivity contribution in [2.24, 2.45) is 0 Å². The monoisotopic (exact) mass is 639 g/mol. The zero-order valence-corrected chi connectivity index (χ0v) is 23.7. The molecule has 9 nitrogen and oxygen atoms in total. The standard InChI is InChI=1S/C28H23F6N5O4S/c1-42-21-11-10-16(12-22(21)43-2)25(41)35-14-23-37-38-26(39(23)18-7-5-6-17(13-18)27(29,30)31)44-15-24(40)36-20-9-4-3-8-19(20)28(32,33)34/h3-13H,14-15H2,1-2H3,(H,35,41)(H,36,40). The van der Waals surface area contributed by atoms with Gasteiger partial charge in [0.25, 0.3) is 5.91 Å². The van der Waals surface area contributed by atoms with E-state index in [1.807, 2.05) is 0 Å². The van der Waals surface area contributed by atoms with Crippen LogP contribution in [0, 0.1) is 0 Å². The van der Waals surface area contributed by atoms with Gasteiger partial charge in [-0.2, -0.15) is 26.3 Å². The van der Waals surface area contributed by atoms with E-state index in [2.05, 4.69) is 20.8 Å². The highest BCUT2D eigenvalue weighted by atomic mass is 32.2. The number of nitrogens with zero attached hydrogens (tertiary/aromatic N) is 3. The quantitative estimate of drug-likeness (QED) is 0.162. The second-order valence-electron chi connectivity index (χ2n) is 8.91. The van der Waals surface area contributed by atoms with Crippen LogP contribution in [0.1, 0.15) is 27.3 Å². The highest BCUT2D eigenvalue weighted by molar-refractivity contribution is 7.99. The van der Waals surface area contributed by atoms with Crippen LogP contribution < -0.4 is 20.1 Å². The normalized spacial score (nSPS) is 11.6. The molecular formula is C28H23F6N5O4S. The van der Waals surface area contributed by atoms with Gasteiger partial charge in [0.05, 0.1) is 49.0 Å². The maximum Gasteiger partial charge on any atom is 0.418 e. The van der Waals surface area contributed by atoms with Crippen LogP contribution in [0.5, 0.6) is 11.5 Å². The number of hydrogen-bond donors (Lipinski definition) is 2. The number of alkyl halides is 6. The molecule has 1 heterocycles. The number of anilines is 1. The molecule has 2 amide bonds. The Bertz CT molecular complexity index is 1660. The summed E-state index contributed by atoms with van der Waals surface area (Å²) in [6.07, 6.45) is -9.39. The number of para-hydroxylation sites is 1. The van der Waals surface area contributed by atoms with Gasteiger partial charge in [-0.15, -0.1) is 10.2 Å². The number of methoxy groups -OCH3 is 2. The number of halogens is 6. The fourth-order valence-electron chi connectivity index (χ4n) is 3.98. The minimum absolute atomic E-state index is 0.0171. The fraction of sp³-hybridized carbons (Fsp3) is 0.214. The van der Waals surface area contributed by atoms with Gasteiger partial charge in [-0.1, -0.05) is 30.0 Å². The lowest BCUT2D eigenvalue weighted by Crippen LogP contribution is -2.25. The highest BCUT2D eigenvalue weighted by Gasteiger charge is 2.34. The van der Waals surface area contributed by atoms with Gasteiger partial charge in [-0.05, 0) is 48.5 Å². The Balaban J connectivity index is 1.58. The molecule has 0 saturated carbocycles. The molecule has 3 aromatic carbocycles.